The van der Waals surface area contributed by atoms with Gasteiger partial charge in [-0.3, -0.25) is 14.2 Å². The molecule has 1 aliphatic heterocycles. The molecule has 0 saturated carbocycles. The highest BCUT2D eigenvalue weighted by Gasteiger charge is 2.35. The second kappa shape index (κ2) is 14.0. The topological polar surface area (TPSA) is 113 Å². The van der Waals surface area contributed by atoms with Crippen molar-refractivity contribution in [2.75, 3.05) is 25.6 Å². The number of benzene rings is 3. The fourth-order valence-corrected chi connectivity index (χ4v) is 7.39. The average molecular weight is 730 g/mol. The lowest BCUT2D eigenvalue weighted by Gasteiger charge is -2.26. The Hall–Kier alpha value is -4.94. The molecule has 12 heteroatoms. The molecule has 0 aliphatic carbocycles. The van der Waals surface area contributed by atoms with Gasteiger partial charge in [-0.2, -0.15) is 0 Å². The van der Waals surface area contributed by atoms with Crippen molar-refractivity contribution < 1.29 is 23.8 Å². The van der Waals surface area contributed by atoms with Crippen LogP contribution in [0.15, 0.2) is 98.5 Å². The van der Waals surface area contributed by atoms with E-state index in [0.717, 1.165) is 16.5 Å². The molecule has 3 aromatic carbocycles. The third-order valence-electron chi connectivity index (χ3n) is 7.87. The average Bonchev–Trinajstić information content (AvgIpc) is 3.57. The Labute approximate surface area is 288 Å². The number of fused-ring (bicyclic) bond motifs is 2. The number of allylic oxidation sites excluding steroid dienone is 1. The van der Waals surface area contributed by atoms with Gasteiger partial charge in [0.15, 0.2) is 16.3 Å². The number of carbonyl (C=O) groups excluding carboxylic acids is 2. The van der Waals surface area contributed by atoms with Gasteiger partial charge in [0.2, 0.25) is 5.91 Å². The third-order valence-corrected chi connectivity index (χ3v) is 9.54. The number of halogens is 1. The minimum Gasteiger partial charge on any atom is -0.493 e. The molecule has 10 nitrogen and oxygen atoms in total. The molecule has 5 aromatic rings. The maximum Gasteiger partial charge on any atom is 0.338 e. The molecule has 0 fully saturated rings. The van der Waals surface area contributed by atoms with Crippen molar-refractivity contribution in [3.63, 3.8) is 0 Å². The summed E-state index contributed by atoms with van der Waals surface area (Å²) in [5, 5.41) is 3.81. The third kappa shape index (κ3) is 6.33. The van der Waals surface area contributed by atoms with Crippen molar-refractivity contribution in [3.05, 3.63) is 119 Å². The number of hydrogen-bond acceptors (Lipinski definition) is 8. The number of methoxy groups -OCH3 is 1. The Balaban J connectivity index is 1.48. The number of carbonyl (C=O) groups is 2. The van der Waals surface area contributed by atoms with Gasteiger partial charge in [-0.15, -0.1) is 0 Å². The standard InChI is InChI=1S/C36H33BrN4O6S/c1-5-46-29-18-26(37)25(17-28(29)45-4)33-32(35(44)47-6-2)21(3)38-36-41(33)34(43)30(48-36)16-22-19-40(27-15-11-10-14-24(22)27)20-31(42)39-23-12-8-7-9-13-23/h7-19,33H,5-6,20H2,1-4H3,(H,39,42)/b30-16+/t33-/m1/s1. The van der Waals surface area contributed by atoms with Crippen LogP contribution in [0.5, 0.6) is 11.5 Å². The van der Waals surface area contributed by atoms with Crippen LogP contribution in [0.4, 0.5) is 5.69 Å². The quantitative estimate of drug-likeness (QED) is 0.189. The van der Waals surface area contributed by atoms with E-state index in [1.807, 2.05) is 78.4 Å². The number of esters is 1. The molecule has 1 amide bonds. The molecule has 0 radical (unpaired) electrons. The Morgan fingerprint density at radius 1 is 1.04 bits per heavy atom. The molecular formula is C36H33BrN4O6S. The molecule has 2 aromatic heterocycles. The van der Waals surface area contributed by atoms with E-state index >= 15 is 0 Å². The first-order valence-electron chi connectivity index (χ1n) is 15.4. The van der Waals surface area contributed by atoms with Crippen molar-refractivity contribution >= 4 is 61.8 Å². The van der Waals surface area contributed by atoms with E-state index < -0.39 is 12.0 Å². The molecule has 0 saturated heterocycles. The maximum atomic E-state index is 14.4. The van der Waals surface area contributed by atoms with E-state index in [1.54, 1.807) is 26.0 Å². The van der Waals surface area contributed by atoms with Crippen LogP contribution in [0.1, 0.15) is 37.9 Å². The number of nitrogens with zero attached hydrogens (tertiary/aromatic N) is 3. The first-order valence-corrected chi connectivity index (χ1v) is 17.0. The van der Waals surface area contributed by atoms with Gasteiger partial charge in [-0.1, -0.05) is 63.7 Å². The first kappa shape index (κ1) is 33.0. The van der Waals surface area contributed by atoms with Crippen molar-refractivity contribution in [3.8, 4) is 11.5 Å². The van der Waals surface area contributed by atoms with Gasteiger partial charge in [0.05, 0.1) is 42.2 Å². The molecule has 1 N–H and O–H groups in total. The second-order valence-corrected chi connectivity index (χ2v) is 12.8. The highest BCUT2D eigenvalue weighted by molar-refractivity contribution is 9.10. The summed E-state index contributed by atoms with van der Waals surface area (Å²) in [6.45, 7) is 6.02. The minimum atomic E-state index is -0.857. The Morgan fingerprint density at radius 2 is 1.79 bits per heavy atom. The van der Waals surface area contributed by atoms with Crippen molar-refractivity contribution in [2.24, 2.45) is 4.99 Å². The highest BCUT2D eigenvalue weighted by Crippen LogP contribution is 2.41. The number of ether oxygens (including phenoxy) is 3. The Kier molecular flexibility index (Phi) is 9.65. The van der Waals surface area contributed by atoms with Gasteiger partial charge in [-0.05, 0) is 62.7 Å². The molecule has 1 atom stereocenters. The van der Waals surface area contributed by atoms with Crippen LogP contribution < -0.4 is 29.7 Å². The zero-order chi connectivity index (χ0) is 33.9. The van der Waals surface area contributed by atoms with Crippen LogP contribution in [-0.2, 0) is 20.9 Å². The summed E-state index contributed by atoms with van der Waals surface area (Å²) in [6, 6.07) is 19.7. The summed E-state index contributed by atoms with van der Waals surface area (Å²) in [4.78, 5) is 45.9. The molecule has 48 heavy (non-hydrogen) atoms. The number of anilines is 1. The predicted molar refractivity (Wildman–Crippen MR) is 189 cm³/mol. The normalized spacial score (nSPS) is 14.4. The SMILES string of the molecule is CCOC(=O)C1=C(C)N=c2s/c(=C/c3cn(CC(=O)Nc4ccccc4)c4ccccc34)c(=O)n2[C@@H]1c1cc(OC)c(OCC)cc1Br. The summed E-state index contributed by atoms with van der Waals surface area (Å²) >= 11 is 4.89. The number of thiazole rings is 1. The first-order chi connectivity index (χ1) is 23.2. The zero-order valence-electron chi connectivity index (χ0n) is 26.8. The van der Waals surface area contributed by atoms with Gasteiger partial charge in [-0.25, -0.2) is 9.79 Å². The van der Waals surface area contributed by atoms with Gasteiger partial charge in [0.25, 0.3) is 5.56 Å². The number of amides is 1. The minimum absolute atomic E-state index is 0.0835. The van der Waals surface area contributed by atoms with Gasteiger partial charge >= 0.3 is 5.97 Å². The van der Waals surface area contributed by atoms with Gasteiger partial charge in [0.1, 0.15) is 6.54 Å². The zero-order valence-corrected chi connectivity index (χ0v) is 29.2. The fraction of sp³-hybridized carbons (Fsp3) is 0.222. The number of rotatable bonds is 10. The van der Waals surface area contributed by atoms with Crippen LogP contribution in [0.25, 0.3) is 17.0 Å². The largest absolute Gasteiger partial charge is 0.493 e. The smallest absolute Gasteiger partial charge is 0.338 e. The fourth-order valence-electron chi connectivity index (χ4n) is 5.81. The van der Waals surface area contributed by atoms with Crippen LogP contribution in [0.2, 0.25) is 0 Å². The lowest BCUT2D eigenvalue weighted by Crippen LogP contribution is -2.40. The molecule has 0 unspecified atom stereocenters. The molecular weight excluding hydrogens is 696 g/mol. The Morgan fingerprint density at radius 3 is 2.52 bits per heavy atom. The molecule has 0 bridgehead atoms. The highest BCUT2D eigenvalue weighted by atomic mass is 79.9. The lowest BCUT2D eigenvalue weighted by atomic mass is 9.95. The maximum absolute atomic E-state index is 14.4. The summed E-state index contributed by atoms with van der Waals surface area (Å²) in [7, 11) is 1.54. The number of aromatic nitrogens is 2. The number of hydrogen-bond donors (Lipinski definition) is 1. The summed E-state index contributed by atoms with van der Waals surface area (Å²) in [6.07, 6.45) is 3.68. The van der Waals surface area contributed by atoms with Crippen LogP contribution >= 0.6 is 27.3 Å². The van der Waals surface area contributed by atoms with E-state index in [-0.39, 0.29) is 30.2 Å². The van der Waals surface area contributed by atoms with E-state index in [9.17, 15) is 14.4 Å². The number of nitrogens with one attached hydrogen (secondary N) is 1. The monoisotopic (exact) mass is 728 g/mol. The molecule has 246 valence electrons. The van der Waals surface area contributed by atoms with Crippen molar-refractivity contribution in [1.82, 2.24) is 9.13 Å². The van der Waals surface area contributed by atoms with E-state index in [0.29, 0.717) is 48.9 Å². The van der Waals surface area contributed by atoms with Gasteiger partial charge in [0, 0.05) is 32.8 Å². The van der Waals surface area contributed by atoms with Crippen LogP contribution in [0, 0.1) is 0 Å². The van der Waals surface area contributed by atoms with Crippen molar-refractivity contribution in [1.29, 1.82) is 0 Å². The van der Waals surface area contributed by atoms with Crippen LogP contribution in [0.3, 0.4) is 0 Å². The summed E-state index contributed by atoms with van der Waals surface area (Å²) in [5.41, 5.74) is 3.33. The molecule has 1 aliphatic rings. The number of para-hydroxylation sites is 2. The summed E-state index contributed by atoms with van der Waals surface area (Å²) < 4.78 is 21.3. The predicted octanol–water partition coefficient (Wildman–Crippen LogP) is 5.56. The summed E-state index contributed by atoms with van der Waals surface area (Å²) in [5.74, 6) is 0.246. The lowest BCUT2D eigenvalue weighted by molar-refractivity contribution is -0.139. The second-order valence-electron chi connectivity index (χ2n) is 10.9. The van der Waals surface area contributed by atoms with Gasteiger partial charge < -0.3 is 24.1 Å². The van der Waals surface area contributed by atoms with Crippen molar-refractivity contribution in [2.45, 2.75) is 33.4 Å². The van der Waals surface area contributed by atoms with Crippen LogP contribution in [-0.4, -0.2) is 41.3 Å². The Bertz CT molecular complexity index is 2250. The molecule has 0 spiro atoms. The van der Waals surface area contributed by atoms with E-state index in [4.69, 9.17) is 19.2 Å². The molecule has 3 heterocycles. The van der Waals surface area contributed by atoms with E-state index in [2.05, 4.69) is 21.2 Å². The molecule has 6 rings (SSSR count). The van der Waals surface area contributed by atoms with E-state index in [1.165, 1.54) is 23.0 Å².